The molecule has 1 aliphatic rings. The quantitative estimate of drug-likeness (QED) is 0.814. The van der Waals surface area contributed by atoms with Gasteiger partial charge in [0.2, 0.25) is 0 Å². The van der Waals surface area contributed by atoms with E-state index in [1.165, 1.54) is 27.8 Å². The molecule has 1 aliphatic carbocycles. The second kappa shape index (κ2) is 6.43. The average Bonchev–Trinajstić information content (AvgIpc) is 3.01. The lowest BCUT2D eigenvalue weighted by Gasteiger charge is -2.15. The summed E-state index contributed by atoms with van der Waals surface area (Å²) < 4.78 is 6.81. The van der Waals surface area contributed by atoms with Crippen LogP contribution in [0.4, 0.5) is 0 Å². The van der Waals surface area contributed by atoms with E-state index in [1.807, 2.05) is 0 Å². The Morgan fingerprint density at radius 3 is 3.00 bits per heavy atom. The van der Waals surface area contributed by atoms with E-state index < -0.39 is 0 Å². The molecule has 2 aromatic heterocycles. The first kappa shape index (κ1) is 14.3. The Balaban J connectivity index is 1.54. The molecule has 20 heavy (non-hydrogen) atoms. The van der Waals surface area contributed by atoms with Crippen molar-refractivity contribution in [2.45, 2.75) is 38.5 Å². The highest BCUT2D eigenvalue weighted by Crippen LogP contribution is 2.23. The molecule has 0 radical (unpaired) electrons. The molecule has 1 N–H and O–H groups in total. The van der Waals surface area contributed by atoms with Crippen LogP contribution in [-0.2, 0) is 19.6 Å². The number of furan rings is 1. The van der Waals surface area contributed by atoms with Gasteiger partial charge in [0.25, 0.3) is 0 Å². The molecule has 0 atom stereocenters. The van der Waals surface area contributed by atoms with Gasteiger partial charge in [-0.25, -0.2) is 0 Å². The number of halogens is 1. The molecule has 0 unspecified atom stereocenters. The summed E-state index contributed by atoms with van der Waals surface area (Å²) in [5, 5.41) is 5.67. The Labute approximate surface area is 132 Å². The first-order chi connectivity index (χ1) is 9.70. The number of hydrogen-bond donors (Lipinski definition) is 1. The van der Waals surface area contributed by atoms with Gasteiger partial charge in [-0.05, 0) is 48.0 Å². The Morgan fingerprint density at radius 1 is 1.45 bits per heavy atom. The highest BCUT2D eigenvalue weighted by molar-refractivity contribution is 9.10. The molecule has 108 valence electrons. The van der Waals surface area contributed by atoms with Gasteiger partial charge in [-0.2, -0.15) is 0 Å². The summed E-state index contributed by atoms with van der Waals surface area (Å²) >= 11 is 5.29. The largest absolute Gasteiger partial charge is 0.468 e. The third kappa shape index (κ3) is 3.95. The van der Waals surface area contributed by atoms with E-state index in [-0.39, 0.29) is 0 Å². The Morgan fingerprint density at radius 2 is 2.30 bits per heavy atom. The molecule has 0 aromatic carbocycles. The smallest absolute Gasteiger partial charge is 0.122 e. The van der Waals surface area contributed by atoms with Crippen molar-refractivity contribution in [2.75, 3.05) is 7.05 Å². The van der Waals surface area contributed by atoms with Crippen molar-refractivity contribution >= 4 is 27.3 Å². The molecule has 1 fully saturated rings. The summed E-state index contributed by atoms with van der Waals surface area (Å²) in [4.78, 5) is 3.65. The highest BCUT2D eigenvalue weighted by Gasteiger charge is 2.21. The summed E-state index contributed by atoms with van der Waals surface area (Å²) in [7, 11) is 2.13. The van der Waals surface area contributed by atoms with Crippen molar-refractivity contribution in [2.24, 2.45) is 0 Å². The van der Waals surface area contributed by atoms with Crippen LogP contribution in [0.3, 0.4) is 0 Å². The molecule has 3 rings (SSSR count). The summed E-state index contributed by atoms with van der Waals surface area (Å²) in [5.41, 5.74) is 1.29. The SMILES string of the molecule is CN(Cc1cc(Br)cs1)Cc1occc1CNC1CC1. The van der Waals surface area contributed by atoms with E-state index in [0.29, 0.717) is 0 Å². The standard InChI is InChI=1S/C15H19BrN2OS/c1-18(8-14-6-12(16)10-20-14)9-15-11(4-5-19-15)7-17-13-2-3-13/h4-6,10,13,17H,2-3,7-9H2,1H3. The molecule has 0 bridgehead atoms. The van der Waals surface area contributed by atoms with Gasteiger partial charge in [-0.15, -0.1) is 11.3 Å². The second-order valence-electron chi connectivity index (χ2n) is 5.43. The molecular weight excluding hydrogens is 336 g/mol. The van der Waals surface area contributed by atoms with Crippen molar-refractivity contribution < 1.29 is 4.42 Å². The lowest BCUT2D eigenvalue weighted by atomic mass is 10.2. The highest BCUT2D eigenvalue weighted by atomic mass is 79.9. The van der Waals surface area contributed by atoms with Crippen LogP contribution in [0.1, 0.15) is 29.0 Å². The number of rotatable bonds is 7. The molecule has 0 spiro atoms. The van der Waals surface area contributed by atoms with Crippen LogP contribution in [0.15, 0.2) is 32.7 Å². The van der Waals surface area contributed by atoms with E-state index in [0.717, 1.165) is 31.4 Å². The van der Waals surface area contributed by atoms with E-state index in [2.05, 4.69) is 50.7 Å². The third-order valence-electron chi connectivity index (χ3n) is 3.46. The minimum Gasteiger partial charge on any atom is -0.468 e. The molecular formula is C15H19BrN2OS. The van der Waals surface area contributed by atoms with Crippen LogP contribution in [0.2, 0.25) is 0 Å². The predicted molar refractivity (Wildman–Crippen MR) is 85.8 cm³/mol. The minimum atomic E-state index is 0.735. The molecule has 2 heterocycles. The number of nitrogens with zero attached hydrogens (tertiary/aromatic N) is 1. The van der Waals surface area contributed by atoms with E-state index in [1.54, 1.807) is 17.6 Å². The molecule has 0 aliphatic heterocycles. The number of nitrogens with one attached hydrogen (secondary N) is 1. The van der Waals surface area contributed by atoms with Crippen molar-refractivity contribution in [1.29, 1.82) is 0 Å². The maximum atomic E-state index is 5.64. The topological polar surface area (TPSA) is 28.4 Å². The first-order valence-corrected chi connectivity index (χ1v) is 8.58. The molecule has 3 nitrogen and oxygen atoms in total. The van der Waals surface area contributed by atoms with Gasteiger partial charge < -0.3 is 9.73 Å². The normalized spacial score (nSPS) is 15.2. The second-order valence-corrected chi connectivity index (χ2v) is 7.34. The van der Waals surface area contributed by atoms with Crippen LogP contribution in [0.5, 0.6) is 0 Å². The third-order valence-corrected chi connectivity index (χ3v) is 5.14. The fourth-order valence-electron chi connectivity index (χ4n) is 2.21. The van der Waals surface area contributed by atoms with Crippen LogP contribution < -0.4 is 5.32 Å². The summed E-state index contributed by atoms with van der Waals surface area (Å²) in [5.74, 6) is 1.08. The van der Waals surface area contributed by atoms with Gasteiger partial charge in [-0.3, -0.25) is 4.90 Å². The Hall–Kier alpha value is -0.620. The van der Waals surface area contributed by atoms with Crippen LogP contribution in [0, 0.1) is 0 Å². The zero-order valence-corrected chi connectivity index (χ0v) is 14.0. The van der Waals surface area contributed by atoms with E-state index in [4.69, 9.17) is 4.42 Å². The van der Waals surface area contributed by atoms with Crippen LogP contribution in [-0.4, -0.2) is 18.0 Å². The van der Waals surface area contributed by atoms with Crippen LogP contribution >= 0.6 is 27.3 Å². The average molecular weight is 355 g/mol. The van der Waals surface area contributed by atoms with Crippen LogP contribution in [0.25, 0.3) is 0 Å². The molecule has 2 aromatic rings. The number of thiophene rings is 1. The van der Waals surface area contributed by atoms with Crippen molar-refractivity contribution in [1.82, 2.24) is 10.2 Å². The predicted octanol–water partition coefficient (Wildman–Crippen LogP) is 3.99. The lowest BCUT2D eigenvalue weighted by Crippen LogP contribution is -2.19. The molecule has 0 amide bonds. The lowest BCUT2D eigenvalue weighted by molar-refractivity contribution is 0.288. The summed E-state index contributed by atoms with van der Waals surface area (Å²) in [6, 6.07) is 5.00. The first-order valence-electron chi connectivity index (χ1n) is 6.91. The summed E-state index contributed by atoms with van der Waals surface area (Å²) in [6.45, 7) is 2.73. The Kier molecular flexibility index (Phi) is 4.61. The van der Waals surface area contributed by atoms with Crippen molar-refractivity contribution in [3.63, 3.8) is 0 Å². The van der Waals surface area contributed by atoms with Gasteiger partial charge in [0, 0.05) is 39.4 Å². The van der Waals surface area contributed by atoms with Gasteiger partial charge >= 0.3 is 0 Å². The van der Waals surface area contributed by atoms with Crippen molar-refractivity contribution in [3.8, 4) is 0 Å². The monoisotopic (exact) mass is 354 g/mol. The van der Waals surface area contributed by atoms with E-state index in [9.17, 15) is 0 Å². The minimum absolute atomic E-state index is 0.735. The molecule has 1 saturated carbocycles. The maximum absolute atomic E-state index is 5.64. The van der Waals surface area contributed by atoms with Gasteiger partial charge in [-0.1, -0.05) is 0 Å². The zero-order valence-electron chi connectivity index (χ0n) is 11.6. The fraction of sp³-hybridized carbons (Fsp3) is 0.467. The van der Waals surface area contributed by atoms with E-state index >= 15 is 0 Å². The van der Waals surface area contributed by atoms with Gasteiger partial charge in [0.05, 0.1) is 12.8 Å². The van der Waals surface area contributed by atoms with Gasteiger partial charge in [0.1, 0.15) is 5.76 Å². The van der Waals surface area contributed by atoms with Gasteiger partial charge in [0.15, 0.2) is 0 Å². The van der Waals surface area contributed by atoms with Crippen molar-refractivity contribution in [3.05, 3.63) is 44.4 Å². The maximum Gasteiger partial charge on any atom is 0.122 e. The number of hydrogen-bond acceptors (Lipinski definition) is 4. The Bertz CT molecular complexity index is 562. The zero-order chi connectivity index (χ0) is 13.9. The molecule has 0 saturated heterocycles. The molecule has 5 heteroatoms. The summed E-state index contributed by atoms with van der Waals surface area (Å²) in [6.07, 6.45) is 4.44. The fourth-order valence-corrected chi connectivity index (χ4v) is 3.74.